The van der Waals surface area contributed by atoms with E-state index >= 15 is 0 Å². The maximum absolute atomic E-state index is 11.8. The fourth-order valence-electron chi connectivity index (χ4n) is 1.60. The summed E-state index contributed by atoms with van der Waals surface area (Å²) in [5.41, 5.74) is 0. The van der Waals surface area contributed by atoms with Gasteiger partial charge in [0.15, 0.2) is 0 Å². The van der Waals surface area contributed by atoms with Crippen LogP contribution in [0.3, 0.4) is 0 Å². The number of hydrogen-bond donors (Lipinski definition) is 1. The zero-order chi connectivity index (χ0) is 13.7. The van der Waals surface area contributed by atoms with E-state index in [1.807, 2.05) is 6.92 Å². The van der Waals surface area contributed by atoms with Gasteiger partial charge in [0.2, 0.25) is 5.91 Å². The molecule has 7 heteroatoms. The van der Waals surface area contributed by atoms with Crippen LogP contribution in [0.25, 0.3) is 0 Å². The molecule has 1 N–H and O–H groups in total. The summed E-state index contributed by atoms with van der Waals surface area (Å²) in [6.07, 6.45) is 1.45. The number of nitrogens with zero attached hydrogens (tertiary/aromatic N) is 2. The third-order valence-corrected chi connectivity index (χ3v) is 2.55. The van der Waals surface area contributed by atoms with Gasteiger partial charge in [0, 0.05) is 13.1 Å². The first-order chi connectivity index (χ1) is 8.52. The number of hydrogen-bond acceptors (Lipinski definition) is 4. The molecule has 0 bridgehead atoms. The van der Waals surface area contributed by atoms with Crippen molar-refractivity contribution < 1.29 is 19.2 Å². The van der Waals surface area contributed by atoms with Gasteiger partial charge in [-0.2, -0.15) is 0 Å². The highest BCUT2D eigenvalue weighted by Crippen LogP contribution is 2.12. The van der Waals surface area contributed by atoms with E-state index in [1.165, 1.54) is 0 Å². The molecule has 18 heavy (non-hydrogen) atoms. The molecule has 1 rings (SSSR count). The smallest absolute Gasteiger partial charge is 0.334 e. The number of urea groups is 1. The van der Waals surface area contributed by atoms with Crippen LogP contribution in [0.4, 0.5) is 4.79 Å². The molecule has 0 atom stereocenters. The molecule has 1 aliphatic rings. The lowest BCUT2D eigenvalue weighted by Crippen LogP contribution is -2.41. The van der Waals surface area contributed by atoms with E-state index in [0.29, 0.717) is 17.9 Å². The van der Waals surface area contributed by atoms with Crippen molar-refractivity contribution in [2.75, 3.05) is 19.6 Å². The Bertz CT molecular complexity index is 380. The number of likely N-dealkylation sites (N-methyl/N-ethyl adjacent to an activating group) is 1. The predicted octanol–water partition coefficient (Wildman–Crippen LogP) is -0.287. The van der Waals surface area contributed by atoms with Gasteiger partial charge < -0.3 is 5.32 Å². The van der Waals surface area contributed by atoms with Crippen molar-refractivity contribution in [1.82, 2.24) is 15.1 Å². The Kier molecular flexibility index (Phi) is 4.82. The van der Waals surface area contributed by atoms with Crippen molar-refractivity contribution in [2.45, 2.75) is 26.7 Å². The maximum Gasteiger partial charge on any atom is 0.334 e. The van der Waals surface area contributed by atoms with Crippen LogP contribution in [0.1, 0.15) is 26.7 Å². The predicted molar refractivity (Wildman–Crippen MR) is 62.4 cm³/mol. The molecule has 7 nitrogen and oxygen atoms in total. The van der Waals surface area contributed by atoms with E-state index in [4.69, 9.17) is 0 Å². The second-order valence-corrected chi connectivity index (χ2v) is 3.94. The third-order valence-electron chi connectivity index (χ3n) is 2.55. The summed E-state index contributed by atoms with van der Waals surface area (Å²) in [5, 5.41) is 2.47. The second-order valence-electron chi connectivity index (χ2n) is 3.94. The Morgan fingerprint density at radius 1 is 1.11 bits per heavy atom. The van der Waals surface area contributed by atoms with Gasteiger partial charge in [-0.15, -0.1) is 0 Å². The SMILES string of the molecule is CCCCN1C(=O)C(=O)N(CC(=O)NCC)C1=O. The Balaban J connectivity index is 2.70. The minimum absolute atomic E-state index is 0.214. The minimum Gasteiger partial charge on any atom is -0.355 e. The summed E-state index contributed by atoms with van der Waals surface area (Å²) in [5.74, 6) is -2.23. The third kappa shape index (κ3) is 2.85. The van der Waals surface area contributed by atoms with Crippen LogP contribution in [0.2, 0.25) is 0 Å². The number of carbonyl (C=O) groups is 4. The van der Waals surface area contributed by atoms with Gasteiger partial charge in [-0.25, -0.2) is 9.69 Å². The van der Waals surface area contributed by atoms with Crippen molar-refractivity contribution in [3.63, 3.8) is 0 Å². The lowest BCUT2D eigenvalue weighted by molar-refractivity contribution is -0.144. The molecule has 1 fully saturated rings. The lowest BCUT2D eigenvalue weighted by Gasteiger charge is -2.14. The Morgan fingerprint density at radius 3 is 2.28 bits per heavy atom. The summed E-state index contributed by atoms with van der Waals surface area (Å²) < 4.78 is 0. The zero-order valence-corrected chi connectivity index (χ0v) is 10.6. The monoisotopic (exact) mass is 255 g/mol. The van der Waals surface area contributed by atoms with Gasteiger partial charge in [0.05, 0.1) is 0 Å². The Hall–Kier alpha value is -1.92. The molecule has 0 aliphatic carbocycles. The number of rotatable bonds is 6. The average Bonchev–Trinajstić information content (AvgIpc) is 2.52. The van der Waals surface area contributed by atoms with Crippen LogP contribution in [-0.2, 0) is 14.4 Å². The molecule has 1 saturated heterocycles. The van der Waals surface area contributed by atoms with E-state index in [1.54, 1.807) is 6.92 Å². The molecule has 0 aromatic carbocycles. The summed E-state index contributed by atoms with van der Waals surface area (Å²) in [4.78, 5) is 47.8. The van der Waals surface area contributed by atoms with E-state index in [9.17, 15) is 19.2 Å². The first-order valence-corrected chi connectivity index (χ1v) is 5.96. The van der Waals surface area contributed by atoms with E-state index in [2.05, 4.69) is 5.32 Å². The first-order valence-electron chi connectivity index (χ1n) is 5.96. The molecule has 5 amide bonds. The van der Waals surface area contributed by atoms with Crippen molar-refractivity contribution in [3.8, 4) is 0 Å². The van der Waals surface area contributed by atoms with Crippen molar-refractivity contribution in [3.05, 3.63) is 0 Å². The highest BCUT2D eigenvalue weighted by Gasteiger charge is 2.44. The highest BCUT2D eigenvalue weighted by atomic mass is 16.2. The fraction of sp³-hybridized carbons (Fsp3) is 0.636. The molecule has 0 radical (unpaired) electrons. The number of carbonyl (C=O) groups excluding carboxylic acids is 4. The summed E-state index contributed by atoms with van der Waals surface area (Å²) in [7, 11) is 0. The standard InChI is InChI=1S/C11H17N3O4/c1-3-5-6-13-9(16)10(17)14(11(13)18)7-8(15)12-4-2/h3-7H2,1-2H3,(H,12,15). The van der Waals surface area contributed by atoms with Gasteiger partial charge in [-0.05, 0) is 13.3 Å². The van der Waals surface area contributed by atoms with Crippen molar-refractivity contribution in [2.24, 2.45) is 0 Å². The molecule has 0 aromatic heterocycles. The normalized spacial score (nSPS) is 15.6. The molecule has 0 saturated carbocycles. The zero-order valence-electron chi connectivity index (χ0n) is 10.6. The van der Waals surface area contributed by atoms with E-state index in [0.717, 1.165) is 11.3 Å². The second kappa shape index (κ2) is 6.13. The largest absolute Gasteiger partial charge is 0.355 e. The first kappa shape index (κ1) is 14.1. The quantitative estimate of drug-likeness (QED) is 0.522. The molecule has 0 aromatic rings. The van der Waals surface area contributed by atoms with Crippen LogP contribution < -0.4 is 5.32 Å². The molecule has 1 heterocycles. The van der Waals surface area contributed by atoms with Gasteiger partial charge in [-0.1, -0.05) is 13.3 Å². The number of nitrogens with one attached hydrogen (secondary N) is 1. The van der Waals surface area contributed by atoms with Gasteiger partial charge in [-0.3, -0.25) is 19.3 Å². The summed E-state index contributed by atoms with van der Waals surface area (Å²) in [6.45, 7) is 3.86. The van der Waals surface area contributed by atoms with Crippen LogP contribution in [0, 0.1) is 0 Å². The fourth-order valence-corrected chi connectivity index (χ4v) is 1.60. The van der Waals surface area contributed by atoms with Crippen molar-refractivity contribution in [1.29, 1.82) is 0 Å². The Morgan fingerprint density at radius 2 is 1.72 bits per heavy atom. The van der Waals surface area contributed by atoms with E-state index < -0.39 is 30.3 Å². The van der Waals surface area contributed by atoms with Crippen LogP contribution in [0.5, 0.6) is 0 Å². The summed E-state index contributed by atoms with van der Waals surface area (Å²) >= 11 is 0. The van der Waals surface area contributed by atoms with Gasteiger partial charge >= 0.3 is 17.8 Å². The molecule has 0 spiro atoms. The minimum atomic E-state index is -0.928. The van der Waals surface area contributed by atoms with Crippen LogP contribution in [-0.4, -0.2) is 53.2 Å². The molecule has 0 unspecified atom stereocenters. The van der Waals surface area contributed by atoms with Crippen LogP contribution >= 0.6 is 0 Å². The van der Waals surface area contributed by atoms with Gasteiger partial charge in [0.1, 0.15) is 6.54 Å². The van der Waals surface area contributed by atoms with Crippen LogP contribution in [0.15, 0.2) is 0 Å². The average molecular weight is 255 g/mol. The lowest BCUT2D eigenvalue weighted by atomic mass is 10.3. The molecular weight excluding hydrogens is 238 g/mol. The molecule has 1 aliphatic heterocycles. The molecule has 100 valence electrons. The Labute approximate surface area is 105 Å². The number of amides is 5. The topological polar surface area (TPSA) is 86.8 Å². The highest BCUT2D eigenvalue weighted by molar-refractivity contribution is 6.45. The number of unbranched alkanes of at least 4 members (excludes halogenated alkanes) is 1. The summed E-state index contributed by atoms with van der Waals surface area (Å²) in [6, 6.07) is -0.704. The van der Waals surface area contributed by atoms with Crippen molar-refractivity contribution >= 4 is 23.8 Å². The molecular formula is C11H17N3O4. The number of imide groups is 2. The van der Waals surface area contributed by atoms with Gasteiger partial charge in [0.25, 0.3) is 0 Å². The van der Waals surface area contributed by atoms with E-state index in [-0.39, 0.29) is 6.54 Å². The maximum atomic E-state index is 11.8.